The number of benzene rings is 2. The van der Waals surface area contributed by atoms with E-state index in [2.05, 4.69) is 10.2 Å². The molecule has 1 aliphatic rings. The molecule has 1 amide bonds. The number of hydrogen-bond donors (Lipinski definition) is 1. The SMILES string of the molecule is CCOC(=O)CC1CCN(c2ccc(Cl)cc2NC(=O)c2cccc(Cl)c2)CC1. The van der Waals surface area contributed by atoms with Crippen molar-refractivity contribution < 1.29 is 14.3 Å². The Morgan fingerprint density at radius 3 is 2.52 bits per heavy atom. The quantitative estimate of drug-likeness (QED) is 0.616. The molecule has 0 radical (unpaired) electrons. The number of esters is 1. The molecule has 0 aromatic heterocycles. The summed E-state index contributed by atoms with van der Waals surface area (Å²) < 4.78 is 5.06. The predicted molar refractivity (Wildman–Crippen MR) is 117 cm³/mol. The predicted octanol–water partition coefficient (Wildman–Crippen LogP) is 5.42. The van der Waals surface area contributed by atoms with Gasteiger partial charge in [-0.05, 0) is 62.1 Å². The van der Waals surface area contributed by atoms with Crippen molar-refractivity contribution in [3.63, 3.8) is 0 Å². The lowest BCUT2D eigenvalue weighted by Crippen LogP contribution is -2.35. The van der Waals surface area contributed by atoms with E-state index in [4.69, 9.17) is 27.9 Å². The molecular weight excluding hydrogens is 411 g/mol. The van der Waals surface area contributed by atoms with Crippen LogP contribution in [0.15, 0.2) is 42.5 Å². The first-order valence-electron chi connectivity index (χ1n) is 9.73. The summed E-state index contributed by atoms with van der Waals surface area (Å²) in [5, 5.41) is 4.01. The van der Waals surface area contributed by atoms with Crippen molar-refractivity contribution in [3.8, 4) is 0 Å². The number of hydrogen-bond acceptors (Lipinski definition) is 4. The summed E-state index contributed by atoms with van der Waals surface area (Å²) in [6, 6.07) is 12.3. The van der Waals surface area contributed by atoms with Gasteiger partial charge in [0.1, 0.15) is 0 Å². The summed E-state index contributed by atoms with van der Waals surface area (Å²) in [6.45, 7) is 3.83. The van der Waals surface area contributed by atoms with Crippen LogP contribution in [0.4, 0.5) is 11.4 Å². The monoisotopic (exact) mass is 434 g/mol. The standard InChI is InChI=1S/C22H24Cl2N2O3/c1-2-29-21(27)12-15-8-10-26(11-9-15)20-7-6-18(24)14-19(20)25-22(28)16-4-3-5-17(23)13-16/h3-7,13-15H,2,8-12H2,1H3,(H,25,28). The summed E-state index contributed by atoms with van der Waals surface area (Å²) in [7, 11) is 0. The van der Waals surface area contributed by atoms with Crippen LogP contribution >= 0.6 is 23.2 Å². The normalized spacial score (nSPS) is 14.5. The molecule has 7 heteroatoms. The molecule has 1 heterocycles. The molecule has 1 fully saturated rings. The number of nitrogens with one attached hydrogen (secondary N) is 1. The lowest BCUT2D eigenvalue weighted by Gasteiger charge is -2.34. The third kappa shape index (κ3) is 5.87. The van der Waals surface area contributed by atoms with Gasteiger partial charge in [0, 0.05) is 35.1 Å². The Balaban J connectivity index is 1.69. The molecule has 1 aliphatic heterocycles. The lowest BCUT2D eigenvalue weighted by atomic mass is 9.93. The lowest BCUT2D eigenvalue weighted by molar-refractivity contribution is -0.144. The summed E-state index contributed by atoms with van der Waals surface area (Å²) in [5.41, 5.74) is 2.06. The molecule has 154 valence electrons. The Hall–Kier alpha value is -2.24. The maximum atomic E-state index is 12.7. The van der Waals surface area contributed by atoms with E-state index in [1.54, 1.807) is 30.3 Å². The number of halogens is 2. The maximum Gasteiger partial charge on any atom is 0.306 e. The van der Waals surface area contributed by atoms with Crippen LogP contribution in [-0.2, 0) is 9.53 Å². The number of amides is 1. The molecule has 0 saturated carbocycles. The van der Waals surface area contributed by atoms with Crippen molar-refractivity contribution >= 4 is 46.5 Å². The van der Waals surface area contributed by atoms with Crippen molar-refractivity contribution in [3.05, 3.63) is 58.1 Å². The highest BCUT2D eigenvalue weighted by Gasteiger charge is 2.24. The van der Waals surface area contributed by atoms with Crippen molar-refractivity contribution in [1.29, 1.82) is 0 Å². The van der Waals surface area contributed by atoms with Crippen molar-refractivity contribution in [2.75, 3.05) is 29.9 Å². The van der Waals surface area contributed by atoms with Gasteiger partial charge in [0.05, 0.1) is 18.0 Å². The van der Waals surface area contributed by atoms with Crippen LogP contribution in [0.3, 0.4) is 0 Å². The van der Waals surface area contributed by atoms with Gasteiger partial charge in [-0.2, -0.15) is 0 Å². The highest BCUT2D eigenvalue weighted by Crippen LogP contribution is 2.33. The van der Waals surface area contributed by atoms with Crippen molar-refractivity contribution in [2.45, 2.75) is 26.2 Å². The second kappa shape index (κ2) is 9.99. The summed E-state index contributed by atoms with van der Waals surface area (Å²) in [6.07, 6.45) is 2.24. The zero-order chi connectivity index (χ0) is 20.8. The van der Waals surface area contributed by atoms with Gasteiger partial charge in [0.25, 0.3) is 5.91 Å². The highest BCUT2D eigenvalue weighted by atomic mass is 35.5. The molecule has 3 rings (SSSR count). The minimum atomic E-state index is -0.242. The number of ether oxygens (including phenoxy) is 1. The summed E-state index contributed by atoms with van der Waals surface area (Å²) >= 11 is 12.2. The Kier molecular flexibility index (Phi) is 7.40. The number of carbonyl (C=O) groups is 2. The van der Waals surface area contributed by atoms with Crippen LogP contribution in [0.25, 0.3) is 0 Å². The Labute approximate surface area is 180 Å². The van der Waals surface area contributed by atoms with E-state index in [1.165, 1.54) is 0 Å². The fourth-order valence-corrected chi connectivity index (χ4v) is 3.90. The Morgan fingerprint density at radius 2 is 1.83 bits per heavy atom. The fraction of sp³-hybridized carbons (Fsp3) is 0.364. The topological polar surface area (TPSA) is 58.6 Å². The second-order valence-corrected chi connectivity index (χ2v) is 7.94. The fourth-order valence-electron chi connectivity index (χ4n) is 3.54. The average molecular weight is 435 g/mol. The van der Waals surface area contributed by atoms with Gasteiger partial charge in [-0.3, -0.25) is 9.59 Å². The molecule has 0 atom stereocenters. The zero-order valence-electron chi connectivity index (χ0n) is 16.3. The van der Waals surface area contributed by atoms with E-state index < -0.39 is 0 Å². The third-order valence-corrected chi connectivity index (χ3v) is 5.48. The van der Waals surface area contributed by atoms with E-state index >= 15 is 0 Å². The highest BCUT2D eigenvalue weighted by molar-refractivity contribution is 6.31. The number of rotatable bonds is 6. The van der Waals surface area contributed by atoms with E-state index in [0.717, 1.165) is 31.6 Å². The molecule has 2 aromatic rings. The van der Waals surface area contributed by atoms with Crippen LogP contribution in [0.1, 0.15) is 36.5 Å². The first kappa shape index (κ1) is 21.5. The average Bonchev–Trinajstić information content (AvgIpc) is 2.69. The molecule has 1 N–H and O–H groups in total. The number of piperidine rings is 1. The van der Waals surface area contributed by atoms with Gasteiger partial charge < -0.3 is 15.0 Å². The number of anilines is 2. The molecule has 29 heavy (non-hydrogen) atoms. The van der Waals surface area contributed by atoms with Crippen LogP contribution in [0.2, 0.25) is 10.0 Å². The second-order valence-electron chi connectivity index (χ2n) is 7.07. The van der Waals surface area contributed by atoms with Gasteiger partial charge in [-0.1, -0.05) is 29.3 Å². The summed E-state index contributed by atoms with van der Waals surface area (Å²) in [4.78, 5) is 26.6. The molecule has 0 aliphatic carbocycles. The molecule has 2 aromatic carbocycles. The molecule has 5 nitrogen and oxygen atoms in total. The molecule has 0 unspecified atom stereocenters. The van der Waals surface area contributed by atoms with Gasteiger partial charge in [-0.25, -0.2) is 0 Å². The molecule has 1 saturated heterocycles. The van der Waals surface area contributed by atoms with Gasteiger partial charge >= 0.3 is 5.97 Å². The third-order valence-electron chi connectivity index (χ3n) is 5.01. The van der Waals surface area contributed by atoms with Crippen LogP contribution in [0.5, 0.6) is 0 Å². The maximum absolute atomic E-state index is 12.7. The van der Waals surface area contributed by atoms with Crippen LogP contribution in [0, 0.1) is 5.92 Å². The zero-order valence-corrected chi connectivity index (χ0v) is 17.8. The van der Waals surface area contributed by atoms with E-state index in [1.807, 2.05) is 19.1 Å². The minimum absolute atomic E-state index is 0.132. The van der Waals surface area contributed by atoms with E-state index in [-0.39, 0.29) is 11.9 Å². The largest absolute Gasteiger partial charge is 0.466 e. The molecule has 0 spiro atoms. The molecule has 0 bridgehead atoms. The Bertz CT molecular complexity index is 880. The van der Waals surface area contributed by atoms with Crippen molar-refractivity contribution in [2.24, 2.45) is 5.92 Å². The minimum Gasteiger partial charge on any atom is -0.466 e. The number of carbonyl (C=O) groups excluding carboxylic acids is 2. The first-order chi connectivity index (χ1) is 14.0. The van der Waals surface area contributed by atoms with E-state index in [0.29, 0.717) is 40.2 Å². The van der Waals surface area contributed by atoms with Gasteiger partial charge in [-0.15, -0.1) is 0 Å². The smallest absolute Gasteiger partial charge is 0.306 e. The van der Waals surface area contributed by atoms with Gasteiger partial charge in [0.2, 0.25) is 0 Å². The first-order valence-corrected chi connectivity index (χ1v) is 10.5. The van der Waals surface area contributed by atoms with E-state index in [9.17, 15) is 9.59 Å². The molecular formula is C22H24Cl2N2O3. The van der Waals surface area contributed by atoms with Crippen molar-refractivity contribution in [1.82, 2.24) is 0 Å². The van der Waals surface area contributed by atoms with Crippen LogP contribution in [-0.4, -0.2) is 31.6 Å². The van der Waals surface area contributed by atoms with Gasteiger partial charge in [0.15, 0.2) is 0 Å². The summed E-state index contributed by atoms with van der Waals surface area (Å²) in [5.74, 6) is -0.0535. The Morgan fingerprint density at radius 1 is 1.10 bits per heavy atom. The van der Waals surface area contributed by atoms with Crippen LogP contribution < -0.4 is 10.2 Å². The number of nitrogens with zero attached hydrogens (tertiary/aromatic N) is 1.